The fourth-order valence-corrected chi connectivity index (χ4v) is 10.0. The zero-order valence-electron chi connectivity index (χ0n) is 18.8. The molecule has 0 aromatic heterocycles. The highest BCUT2D eigenvalue weighted by atomic mass is 28.3. The van der Waals surface area contributed by atoms with E-state index in [1.807, 2.05) is 0 Å². The summed E-state index contributed by atoms with van der Waals surface area (Å²) >= 11 is 0. The van der Waals surface area contributed by atoms with Crippen molar-refractivity contribution in [3.8, 4) is 0 Å². The van der Waals surface area contributed by atoms with Crippen molar-refractivity contribution in [3.63, 3.8) is 0 Å². The normalized spacial score (nSPS) is 24.2. The summed E-state index contributed by atoms with van der Waals surface area (Å²) in [5.74, 6) is 1.00. The summed E-state index contributed by atoms with van der Waals surface area (Å²) in [7, 11) is -1.69. The van der Waals surface area contributed by atoms with Crippen molar-refractivity contribution in [2.75, 3.05) is 0 Å². The topological polar surface area (TPSA) is 0 Å². The Bertz CT molecular complexity index is 990. The molecular formula is C28H34Si. The minimum atomic E-state index is -1.69. The summed E-state index contributed by atoms with van der Waals surface area (Å²) in [4.78, 5) is 0. The molecule has 0 N–H and O–H groups in total. The zero-order chi connectivity index (χ0) is 20.8. The van der Waals surface area contributed by atoms with Gasteiger partial charge in [-0.3, -0.25) is 0 Å². The average molecular weight is 399 g/mol. The molecule has 29 heavy (non-hydrogen) atoms. The van der Waals surface area contributed by atoms with Crippen LogP contribution in [0.25, 0.3) is 0 Å². The first-order valence-corrected chi connectivity index (χ1v) is 14.1. The van der Waals surface area contributed by atoms with Gasteiger partial charge in [-0.1, -0.05) is 116 Å². The van der Waals surface area contributed by atoms with E-state index >= 15 is 0 Å². The van der Waals surface area contributed by atoms with E-state index in [1.165, 1.54) is 17.6 Å². The van der Waals surface area contributed by atoms with Crippen LogP contribution in [-0.2, 0) is 0 Å². The van der Waals surface area contributed by atoms with Gasteiger partial charge in [0.2, 0.25) is 0 Å². The quantitative estimate of drug-likeness (QED) is 0.450. The van der Waals surface area contributed by atoms with Gasteiger partial charge < -0.3 is 0 Å². The molecule has 150 valence electrons. The summed E-state index contributed by atoms with van der Waals surface area (Å²) < 4.78 is 0. The van der Waals surface area contributed by atoms with Crippen molar-refractivity contribution in [3.05, 3.63) is 105 Å². The van der Waals surface area contributed by atoms with Gasteiger partial charge in [-0.05, 0) is 42.9 Å². The summed E-state index contributed by atoms with van der Waals surface area (Å²) in [5.41, 5.74) is 9.77. The van der Waals surface area contributed by atoms with Crippen molar-refractivity contribution in [1.82, 2.24) is 0 Å². The van der Waals surface area contributed by atoms with Gasteiger partial charge in [-0.2, -0.15) is 0 Å². The average Bonchev–Trinajstić information content (AvgIpc) is 3.17. The fraction of sp³-hybridized carbons (Fsp3) is 0.357. The fourth-order valence-electron chi connectivity index (χ4n) is 5.67. The zero-order valence-corrected chi connectivity index (χ0v) is 19.8. The molecule has 0 bridgehead atoms. The Hall–Kier alpha value is -2.12. The monoisotopic (exact) mass is 398 g/mol. The van der Waals surface area contributed by atoms with Crippen molar-refractivity contribution in [1.29, 1.82) is 0 Å². The maximum absolute atomic E-state index is 2.60. The first kappa shape index (κ1) is 20.2. The van der Waals surface area contributed by atoms with Gasteiger partial charge in [0, 0.05) is 11.5 Å². The van der Waals surface area contributed by atoms with Crippen LogP contribution in [0.4, 0.5) is 0 Å². The van der Waals surface area contributed by atoms with E-state index in [-0.39, 0.29) is 0 Å². The van der Waals surface area contributed by atoms with Crippen LogP contribution in [0, 0.1) is 5.92 Å². The van der Waals surface area contributed by atoms with Crippen LogP contribution in [-0.4, -0.2) is 8.07 Å². The van der Waals surface area contributed by atoms with E-state index < -0.39 is 8.07 Å². The minimum absolute atomic E-state index is 0.356. The van der Waals surface area contributed by atoms with Crippen LogP contribution in [0.15, 0.2) is 99.8 Å². The van der Waals surface area contributed by atoms with E-state index in [4.69, 9.17) is 0 Å². The van der Waals surface area contributed by atoms with Gasteiger partial charge in [-0.15, -0.1) is 0 Å². The second kappa shape index (κ2) is 7.61. The molecule has 2 unspecified atom stereocenters. The minimum Gasteiger partial charge on any atom is -0.0730 e. The van der Waals surface area contributed by atoms with Crippen molar-refractivity contribution in [2.24, 2.45) is 5.92 Å². The standard InChI is InChI=1S/C28H34Si/c1-19(2)23-16-20(3)27(18-23)29(5,6)28-21(4)17-26-24(14-10-11-15-25(26)28)22-12-8-7-9-13-22/h7-17,19,24,28H,18H2,1-6H3. The van der Waals surface area contributed by atoms with E-state index in [0.717, 1.165) is 0 Å². The molecule has 0 fully saturated rings. The number of rotatable bonds is 4. The predicted molar refractivity (Wildman–Crippen MR) is 130 cm³/mol. The number of hydrogen-bond acceptors (Lipinski definition) is 0. The number of allylic oxidation sites excluding steroid dienone is 12. The van der Waals surface area contributed by atoms with E-state index in [1.54, 1.807) is 27.5 Å². The van der Waals surface area contributed by atoms with Crippen molar-refractivity contribution in [2.45, 2.75) is 58.7 Å². The Morgan fingerprint density at radius 2 is 1.66 bits per heavy atom. The van der Waals surface area contributed by atoms with Crippen LogP contribution < -0.4 is 0 Å². The van der Waals surface area contributed by atoms with E-state index in [2.05, 4.69) is 108 Å². The molecule has 0 nitrogen and oxygen atoms in total. The third kappa shape index (κ3) is 3.50. The first-order valence-electron chi connectivity index (χ1n) is 11.0. The Labute approximate surface area is 178 Å². The Kier molecular flexibility index (Phi) is 5.29. The van der Waals surface area contributed by atoms with Gasteiger partial charge in [0.25, 0.3) is 0 Å². The van der Waals surface area contributed by atoms with Gasteiger partial charge in [0.15, 0.2) is 0 Å². The van der Waals surface area contributed by atoms with E-state index in [0.29, 0.717) is 17.4 Å². The smallest absolute Gasteiger partial charge is 0.0730 e. The predicted octanol–water partition coefficient (Wildman–Crippen LogP) is 8.07. The maximum Gasteiger partial charge on any atom is 0.0879 e. The van der Waals surface area contributed by atoms with Crippen LogP contribution >= 0.6 is 0 Å². The second-order valence-electron chi connectivity index (χ2n) is 9.80. The highest BCUT2D eigenvalue weighted by Crippen LogP contribution is 2.52. The summed E-state index contributed by atoms with van der Waals surface area (Å²) in [6, 6.07) is 11.0. The molecule has 4 rings (SSSR count). The van der Waals surface area contributed by atoms with Gasteiger partial charge in [-0.25, -0.2) is 0 Å². The molecule has 0 saturated carbocycles. The number of hydrogen-bond donors (Lipinski definition) is 0. The van der Waals surface area contributed by atoms with Crippen LogP contribution in [0.1, 0.15) is 45.6 Å². The Morgan fingerprint density at radius 3 is 2.31 bits per heavy atom. The lowest BCUT2D eigenvalue weighted by atomic mass is 9.90. The third-order valence-electron chi connectivity index (χ3n) is 7.17. The molecule has 2 atom stereocenters. The lowest BCUT2D eigenvalue weighted by molar-refractivity contribution is 0.750. The molecule has 1 heteroatoms. The molecule has 3 aliphatic rings. The lowest BCUT2D eigenvalue weighted by Crippen LogP contribution is -2.36. The molecular weight excluding hydrogens is 364 g/mol. The van der Waals surface area contributed by atoms with Crippen LogP contribution in [0.5, 0.6) is 0 Å². The third-order valence-corrected chi connectivity index (χ3v) is 11.5. The Balaban J connectivity index is 1.75. The number of benzene rings is 1. The van der Waals surface area contributed by atoms with Crippen LogP contribution in [0.2, 0.25) is 18.6 Å². The highest BCUT2D eigenvalue weighted by molar-refractivity contribution is 6.87. The molecule has 1 aromatic carbocycles. The molecule has 0 heterocycles. The molecule has 3 aliphatic carbocycles. The molecule has 0 spiro atoms. The second-order valence-corrected chi connectivity index (χ2v) is 14.4. The molecule has 0 aliphatic heterocycles. The molecule has 0 amide bonds. The van der Waals surface area contributed by atoms with Gasteiger partial charge in [0.1, 0.15) is 0 Å². The van der Waals surface area contributed by atoms with Crippen LogP contribution in [0.3, 0.4) is 0 Å². The van der Waals surface area contributed by atoms with Crippen molar-refractivity contribution >= 4 is 8.07 Å². The summed E-state index contributed by atoms with van der Waals surface area (Å²) in [6.07, 6.45) is 15.5. The Morgan fingerprint density at radius 1 is 0.931 bits per heavy atom. The lowest BCUT2D eigenvalue weighted by Gasteiger charge is -2.35. The van der Waals surface area contributed by atoms with E-state index in [9.17, 15) is 0 Å². The highest BCUT2D eigenvalue weighted by Gasteiger charge is 2.43. The van der Waals surface area contributed by atoms with Crippen molar-refractivity contribution < 1.29 is 0 Å². The van der Waals surface area contributed by atoms with Gasteiger partial charge >= 0.3 is 0 Å². The largest absolute Gasteiger partial charge is 0.0879 e. The summed E-state index contributed by atoms with van der Waals surface area (Å²) in [6.45, 7) is 14.6. The maximum atomic E-state index is 2.60. The van der Waals surface area contributed by atoms with Gasteiger partial charge in [0.05, 0.1) is 8.07 Å². The molecule has 1 aromatic rings. The molecule has 0 saturated heterocycles. The first-order chi connectivity index (χ1) is 13.8. The SMILES string of the molecule is CC1=CC2=C(C=CC=CC2c2ccccc2)C1[Si](C)(C)C1=C(C)C=C(C(C)C)C1. The summed E-state index contributed by atoms with van der Waals surface area (Å²) in [5, 5.41) is 1.76. The molecule has 0 radical (unpaired) electrons.